The maximum atomic E-state index is 12.9. The molecule has 3 aromatic rings. The lowest BCUT2D eigenvalue weighted by Gasteiger charge is -2.33. The highest BCUT2D eigenvalue weighted by Gasteiger charge is 2.26. The summed E-state index contributed by atoms with van der Waals surface area (Å²) in [6.07, 6.45) is -0.164. The number of fused-ring (bicyclic) bond motifs is 1. The molecule has 5 nitrogen and oxygen atoms in total. The molecule has 28 heavy (non-hydrogen) atoms. The first-order valence-corrected chi connectivity index (χ1v) is 9.33. The zero-order chi connectivity index (χ0) is 19.7. The fraction of sp³-hybridized carbons (Fsp3) is 0.261. The molecule has 0 saturated carbocycles. The van der Waals surface area contributed by atoms with Crippen molar-refractivity contribution in [2.45, 2.75) is 13.0 Å². The molecule has 0 aromatic heterocycles. The number of ether oxygens (including phenoxy) is 2. The number of phenols is 1. The van der Waals surface area contributed by atoms with Gasteiger partial charge in [0.2, 0.25) is 0 Å². The number of aromatic hydroxyl groups is 1. The van der Waals surface area contributed by atoms with E-state index in [-0.39, 0.29) is 17.8 Å². The molecule has 4 rings (SSSR count). The van der Waals surface area contributed by atoms with Gasteiger partial charge in [-0.3, -0.25) is 4.79 Å². The van der Waals surface area contributed by atoms with Crippen LogP contribution in [0.5, 0.6) is 11.5 Å². The van der Waals surface area contributed by atoms with Gasteiger partial charge in [0.05, 0.1) is 20.3 Å². The molecule has 1 amide bonds. The minimum atomic E-state index is -0.164. The standard InChI is InChI=1S/C23H23NO4/c1-15-11-19(6-8-21(15)25)23(26)24-9-10-28-22(14-24)18-4-3-17-13-20(27-2)7-5-16(17)12-18/h3-8,11-13,22,25H,9-10,14H2,1-2H3/t22-/m0/s1. The average molecular weight is 377 g/mol. The van der Waals surface area contributed by atoms with Crippen LogP contribution in [-0.2, 0) is 4.74 Å². The van der Waals surface area contributed by atoms with Gasteiger partial charge in [-0.15, -0.1) is 0 Å². The summed E-state index contributed by atoms with van der Waals surface area (Å²) in [7, 11) is 1.66. The second-order valence-corrected chi connectivity index (χ2v) is 7.08. The smallest absolute Gasteiger partial charge is 0.254 e. The molecule has 1 atom stereocenters. The van der Waals surface area contributed by atoms with E-state index in [0.717, 1.165) is 22.1 Å². The number of carbonyl (C=O) groups excluding carboxylic acids is 1. The Kier molecular flexibility index (Phi) is 4.92. The molecule has 1 N–H and O–H groups in total. The van der Waals surface area contributed by atoms with E-state index in [1.165, 1.54) is 0 Å². The van der Waals surface area contributed by atoms with Crippen LogP contribution in [0.4, 0.5) is 0 Å². The first-order chi connectivity index (χ1) is 13.5. The molecule has 0 spiro atoms. The maximum Gasteiger partial charge on any atom is 0.254 e. The third-order valence-electron chi connectivity index (χ3n) is 5.24. The Labute approximate surface area is 164 Å². The lowest BCUT2D eigenvalue weighted by Crippen LogP contribution is -2.42. The Hall–Kier alpha value is -3.05. The second-order valence-electron chi connectivity index (χ2n) is 7.08. The van der Waals surface area contributed by atoms with E-state index in [2.05, 4.69) is 12.1 Å². The molecule has 1 heterocycles. The van der Waals surface area contributed by atoms with Crippen molar-refractivity contribution in [3.05, 3.63) is 71.3 Å². The van der Waals surface area contributed by atoms with Crippen LogP contribution in [0.15, 0.2) is 54.6 Å². The lowest BCUT2D eigenvalue weighted by atomic mass is 10.0. The van der Waals surface area contributed by atoms with Crippen molar-refractivity contribution in [2.24, 2.45) is 0 Å². The SMILES string of the molecule is COc1ccc2cc([C@@H]3CN(C(=O)c4ccc(O)c(C)c4)CCO3)ccc2c1. The molecule has 1 aliphatic rings. The molecule has 5 heteroatoms. The number of hydrogen-bond donors (Lipinski definition) is 1. The van der Waals surface area contributed by atoms with Gasteiger partial charge in [-0.25, -0.2) is 0 Å². The van der Waals surface area contributed by atoms with Gasteiger partial charge in [0, 0.05) is 12.1 Å². The van der Waals surface area contributed by atoms with Gasteiger partial charge < -0.3 is 19.5 Å². The Balaban J connectivity index is 1.55. The van der Waals surface area contributed by atoms with E-state index in [4.69, 9.17) is 9.47 Å². The highest BCUT2D eigenvalue weighted by Crippen LogP contribution is 2.28. The number of rotatable bonds is 3. The molecule has 1 saturated heterocycles. The minimum Gasteiger partial charge on any atom is -0.508 e. The normalized spacial score (nSPS) is 16.9. The van der Waals surface area contributed by atoms with Crippen LogP contribution >= 0.6 is 0 Å². The largest absolute Gasteiger partial charge is 0.508 e. The number of morpholine rings is 1. The van der Waals surface area contributed by atoms with Crippen LogP contribution in [0, 0.1) is 6.92 Å². The highest BCUT2D eigenvalue weighted by atomic mass is 16.5. The predicted octanol–water partition coefficient (Wildman–Crippen LogP) is 4.08. The molecule has 0 radical (unpaired) electrons. The Morgan fingerprint density at radius 1 is 1.11 bits per heavy atom. The zero-order valence-corrected chi connectivity index (χ0v) is 16.0. The molecule has 1 fully saturated rings. The number of carbonyl (C=O) groups is 1. The van der Waals surface area contributed by atoms with Crippen molar-refractivity contribution in [3.63, 3.8) is 0 Å². The van der Waals surface area contributed by atoms with Gasteiger partial charge >= 0.3 is 0 Å². The number of aryl methyl sites for hydroxylation is 1. The first-order valence-electron chi connectivity index (χ1n) is 9.33. The molecule has 0 bridgehead atoms. The zero-order valence-electron chi connectivity index (χ0n) is 16.0. The van der Waals surface area contributed by atoms with Gasteiger partial charge in [0.25, 0.3) is 5.91 Å². The summed E-state index contributed by atoms with van der Waals surface area (Å²) < 4.78 is 11.2. The summed E-state index contributed by atoms with van der Waals surface area (Å²) in [5.74, 6) is 0.987. The molecule has 0 aliphatic carbocycles. The van der Waals surface area contributed by atoms with Crippen molar-refractivity contribution in [1.29, 1.82) is 0 Å². The van der Waals surface area contributed by atoms with Crippen molar-refractivity contribution in [1.82, 2.24) is 4.90 Å². The van der Waals surface area contributed by atoms with E-state index in [9.17, 15) is 9.90 Å². The quantitative estimate of drug-likeness (QED) is 0.747. The second kappa shape index (κ2) is 7.52. The van der Waals surface area contributed by atoms with Crippen LogP contribution in [-0.4, -0.2) is 42.7 Å². The number of methoxy groups -OCH3 is 1. The van der Waals surface area contributed by atoms with Crippen LogP contribution in [0.1, 0.15) is 27.6 Å². The lowest BCUT2D eigenvalue weighted by molar-refractivity contribution is -0.0227. The van der Waals surface area contributed by atoms with E-state index in [1.54, 1.807) is 32.2 Å². The topological polar surface area (TPSA) is 59.0 Å². The van der Waals surface area contributed by atoms with E-state index in [1.807, 2.05) is 29.2 Å². The van der Waals surface area contributed by atoms with Crippen molar-refractivity contribution < 1.29 is 19.4 Å². The molecular formula is C23H23NO4. The van der Waals surface area contributed by atoms with Crippen LogP contribution in [0.3, 0.4) is 0 Å². The van der Waals surface area contributed by atoms with Crippen molar-refractivity contribution in [2.75, 3.05) is 26.8 Å². The van der Waals surface area contributed by atoms with Gasteiger partial charge in [-0.05, 0) is 65.2 Å². The summed E-state index contributed by atoms with van der Waals surface area (Å²) in [6.45, 7) is 3.34. The fourth-order valence-corrected chi connectivity index (χ4v) is 3.58. The third-order valence-corrected chi connectivity index (χ3v) is 5.24. The van der Waals surface area contributed by atoms with E-state index < -0.39 is 0 Å². The summed E-state index contributed by atoms with van der Waals surface area (Å²) in [6, 6.07) is 17.1. The van der Waals surface area contributed by atoms with Crippen LogP contribution in [0.2, 0.25) is 0 Å². The number of phenolic OH excluding ortho intramolecular Hbond substituents is 1. The third kappa shape index (κ3) is 3.53. The summed E-state index contributed by atoms with van der Waals surface area (Å²) >= 11 is 0. The number of hydrogen-bond acceptors (Lipinski definition) is 4. The van der Waals surface area contributed by atoms with Crippen LogP contribution in [0.25, 0.3) is 10.8 Å². The first kappa shape index (κ1) is 18.3. The van der Waals surface area contributed by atoms with E-state index in [0.29, 0.717) is 30.8 Å². The molecule has 1 aliphatic heterocycles. The van der Waals surface area contributed by atoms with Crippen LogP contribution < -0.4 is 4.74 Å². The van der Waals surface area contributed by atoms with Gasteiger partial charge in [0.15, 0.2) is 0 Å². The predicted molar refractivity (Wildman–Crippen MR) is 108 cm³/mol. The Morgan fingerprint density at radius 2 is 1.89 bits per heavy atom. The minimum absolute atomic E-state index is 0.0399. The van der Waals surface area contributed by atoms with Crippen molar-refractivity contribution in [3.8, 4) is 11.5 Å². The van der Waals surface area contributed by atoms with Gasteiger partial charge in [-0.2, -0.15) is 0 Å². The molecule has 3 aromatic carbocycles. The van der Waals surface area contributed by atoms with E-state index >= 15 is 0 Å². The summed E-state index contributed by atoms with van der Waals surface area (Å²) in [5.41, 5.74) is 2.33. The fourth-order valence-electron chi connectivity index (χ4n) is 3.58. The Bertz CT molecular complexity index is 1030. The van der Waals surface area contributed by atoms with Gasteiger partial charge in [0.1, 0.15) is 17.6 Å². The maximum absolute atomic E-state index is 12.9. The Morgan fingerprint density at radius 3 is 2.68 bits per heavy atom. The molecule has 144 valence electrons. The molecular weight excluding hydrogens is 354 g/mol. The van der Waals surface area contributed by atoms with Crippen molar-refractivity contribution >= 4 is 16.7 Å². The highest BCUT2D eigenvalue weighted by molar-refractivity contribution is 5.94. The monoisotopic (exact) mass is 377 g/mol. The number of amides is 1. The molecule has 0 unspecified atom stereocenters. The summed E-state index contributed by atoms with van der Waals surface area (Å²) in [5, 5.41) is 11.9. The number of nitrogens with zero attached hydrogens (tertiary/aromatic N) is 1. The van der Waals surface area contributed by atoms with Gasteiger partial charge in [-0.1, -0.05) is 18.2 Å². The number of benzene rings is 3. The average Bonchev–Trinajstić information content (AvgIpc) is 2.74. The summed E-state index contributed by atoms with van der Waals surface area (Å²) in [4.78, 5) is 14.7.